The van der Waals surface area contributed by atoms with E-state index in [1.807, 2.05) is 32.3 Å². The van der Waals surface area contributed by atoms with Crippen molar-refractivity contribution < 1.29 is 18.3 Å². The van der Waals surface area contributed by atoms with E-state index in [1.165, 1.54) is 23.6 Å². The average Bonchev–Trinajstić information content (AvgIpc) is 2.90. The molecule has 1 aromatic heterocycles. The standard InChI is InChI=1S/C29H39N3O4S/c1-22-18-32(23(2)21-33)37(34,35)29-14-13-25(12-11-24-8-5-4-6-9-24)16-27(29)36-28(22)20-31(3)19-26-10-7-15-30-17-26/h7,10,13-17,22-24,28,33H,4-6,8-9,18-21H2,1-3H3/t22-,23-,28-/m0/s1. The van der Waals surface area contributed by atoms with E-state index >= 15 is 0 Å². The van der Waals surface area contributed by atoms with Crippen molar-refractivity contribution in [3.05, 3.63) is 53.9 Å². The van der Waals surface area contributed by atoms with Crippen LogP contribution in [0.1, 0.15) is 57.1 Å². The summed E-state index contributed by atoms with van der Waals surface area (Å²) < 4.78 is 35.3. The Balaban J connectivity index is 1.65. The van der Waals surface area contributed by atoms with Gasteiger partial charge in [-0.25, -0.2) is 8.42 Å². The molecule has 0 unspecified atom stereocenters. The molecule has 0 saturated heterocycles. The normalized spacial score (nSPS) is 23.2. The van der Waals surface area contributed by atoms with Crippen LogP contribution in [0, 0.1) is 23.7 Å². The predicted molar refractivity (Wildman–Crippen MR) is 144 cm³/mol. The molecule has 0 spiro atoms. The number of pyridine rings is 1. The predicted octanol–water partition coefficient (Wildman–Crippen LogP) is 3.91. The topological polar surface area (TPSA) is 83.0 Å². The summed E-state index contributed by atoms with van der Waals surface area (Å²) in [7, 11) is -1.83. The van der Waals surface area contributed by atoms with E-state index in [2.05, 4.69) is 21.7 Å². The van der Waals surface area contributed by atoms with Crippen LogP contribution in [0.4, 0.5) is 0 Å². The Kier molecular flexibility index (Phi) is 9.25. The van der Waals surface area contributed by atoms with Crippen LogP contribution < -0.4 is 4.74 Å². The molecule has 1 aliphatic heterocycles. The van der Waals surface area contributed by atoms with E-state index in [0.717, 1.165) is 24.0 Å². The largest absolute Gasteiger partial charge is 0.487 e. The molecule has 1 fully saturated rings. The molecule has 2 heterocycles. The van der Waals surface area contributed by atoms with Gasteiger partial charge in [0.15, 0.2) is 0 Å². The molecule has 200 valence electrons. The lowest BCUT2D eigenvalue weighted by atomic mass is 9.90. The van der Waals surface area contributed by atoms with Gasteiger partial charge in [0.25, 0.3) is 0 Å². The molecule has 2 aliphatic rings. The fourth-order valence-corrected chi connectivity index (χ4v) is 6.95. The van der Waals surface area contributed by atoms with Crippen molar-refractivity contribution in [1.82, 2.24) is 14.2 Å². The third kappa shape index (κ3) is 6.91. The smallest absolute Gasteiger partial charge is 0.247 e. The summed E-state index contributed by atoms with van der Waals surface area (Å²) in [4.78, 5) is 6.50. The average molecular weight is 526 g/mol. The minimum absolute atomic E-state index is 0.106. The quantitative estimate of drug-likeness (QED) is 0.576. The fraction of sp³-hybridized carbons (Fsp3) is 0.552. The van der Waals surface area contributed by atoms with E-state index in [9.17, 15) is 13.5 Å². The molecule has 0 bridgehead atoms. The van der Waals surface area contributed by atoms with Crippen LogP contribution in [0.5, 0.6) is 5.75 Å². The van der Waals surface area contributed by atoms with E-state index in [-0.39, 0.29) is 30.1 Å². The van der Waals surface area contributed by atoms with Gasteiger partial charge in [-0.05, 0) is 56.6 Å². The summed E-state index contributed by atoms with van der Waals surface area (Å²) in [6, 6.07) is 8.57. The van der Waals surface area contributed by atoms with Crippen LogP contribution in [-0.4, -0.2) is 66.6 Å². The van der Waals surface area contributed by atoms with Crippen LogP contribution in [0.25, 0.3) is 0 Å². The molecule has 1 saturated carbocycles. The summed E-state index contributed by atoms with van der Waals surface area (Å²) in [5.74, 6) is 7.30. The zero-order valence-electron chi connectivity index (χ0n) is 22.1. The van der Waals surface area contributed by atoms with Crippen molar-refractivity contribution >= 4 is 10.0 Å². The Morgan fingerprint density at radius 2 is 2.03 bits per heavy atom. The van der Waals surface area contributed by atoms with E-state index < -0.39 is 16.1 Å². The van der Waals surface area contributed by atoms with Gasteiger partial charge in [-0.1, -0.05) is 44.1 Å². The van der Waals surface area contributed by atoms with Gasteiger partial charge in [0, 0.05) is 55.5 Å². The highest BCUT2D eigenvalue weighted by Crippen LogP contribution is 2.34. The van der Waals surface area contributed by atoms with Gasteiger partial charge in [0.1, 0.15) is 16.7 Å². The molecular weight excluding hydrogens is 486 g/mol. The van der Waals surface area contributed by atoms with Gasteiger partial charge in [-0.15, -0.1) is 0 Å². The first kappa shape index (κ1) is 27.6. The van der Waals surface area contributed by atoms with E-state index in [4.69, 9.17) is 4.74 Å². The number of sulfonamides is 1. The molecule has 1 aromatic carbocycles. The molecule has 2 aromatic rings. The van der Waals surface area contributed by atoms with Crippen LogP contribution in [0.15, 0.2) is 47.6 Å². The zero-order valence-corrected chi connectivity index (χ0v) is 23.0. The van der Waals surface area contributed by atoms with Crippen molar-refractivity contribution in [1.29, 1.82) is 0 Å². The summed E-state index contributed by atoms with van der Waals surface area (Å²) in [5.41, 5.74) is 1.86. The minimum Gasteiger partial charge on any atom is -0.487 e. The van der Waals surface area contributed by atoms with Crippen LogP contribution in [-0.2, 0) is 16.6 Å². The number of benzene rings is 1. The fourth-order valence-electron chi connectivity index (χ4n) is 5.13. The highest BCUT2D eigenvalue weighted by Gasteiger charge is 2.38. The number of rotatable bonds is 6. The molecule has 3 atom stereocenters. The highest BCUT2D eigenvalue weighted by molar-refractivity contribution is 7.89. The van der Waals surface area contributed by atoms with Gasteiger partial charge >= 0.3 is 0 Å². The van der Waals surface area contributed by atoms with E-state index in [1.54, 1.807) is 31.3 Å². The van der Waals surface area contributed by atoms with Crippen LogP contribution in [0.2, 0.25) is 0 Å². The second-order valence-corrected chi connectivity index (χ2v) is 12.4. The lowest BCUT2D eigenvalue weighted by Gasteiger charge is -2.37. The number of ether oxygens (including phenoxy) is 1. The molecular formula is C29H39N3O4S. The van der Waals surface area contributed by atoms with Gasteiger partial charge in [0.2, 0.25) is 10.0 Å². The Hall–Kier alpha value is -2.44. The number of aromatic nitrogens is 1. The molecule has 37 heavy (non-hydrogen) atoms. The Morgan fingerprint density at radius 1 is 1.24 bits per heavy atom. The molecule has 0 amide bonds. The first-order chi connectivity index (χ1) is 17.8. The van der Waals surface area contributed by atoms with Crippen molar-refractivity contribution in [2.75, 3.05) is 26.7 Å². The number of aliphatic hydroxyl groups is 1. The first-order valence-electron chi connectivity index (χ1n) is 13.3. The van der Waals surface area contributed by atoms with E-state index in [0.29, 0.717) is 24.8 Å². The number of hydrogen-bond acceptors (Lipinski definition) is 6. The summed E-state index contributed by atoms with van der Waals surface area (Å²) in [6.45, 7) is 5.06. The van der Waals surface area contributed by atoms with Crippen LogP contribution in [0.3, 0.4) is 0 Å². The maximum atomic E-state index is 13.7. The maximum Gasteiger partial charge on any atom is 0.247 e. The molecule has 0 radical (unpaired) electrons. The second-order valence-electron chi connectivity index (χ2n) is 10.6. The van der Waals surface area contributed by atoms with Crippen molar-refractivity contribution in [3.8, 4) is 17.6 Å². The third-order valence-corrected chi connectivity index (χ3v) is 9.38. The molecule has 1 N–H and O–H groups in total. The summed E-state index contributed by atoms with van der Waals surface area (Å²) in [5, 5.41) is 9.86. The Bertz CT molecular complexity index is 1200. The van der Waals surface area contributed by atoms with Crippen molar-refractivity contribution in [2.45, 2.75) is 69.5 Å². The summed E-state index contributed by atoms with van der Waals surface area (Å²) >= 11 is 0. The van der Waals surface area contributed by atoms with Gasteiger partial charge < -0.3 is 9.84 Å². The SMILES string of the molecule is C[C@H]1CN([C@@H](C)CO)S(=O)(=O)c2ccc(C#CC3CCCCC3)cc2O[C@H]1CN(C)Cc1cccnc1. The molecule has 7 nitrogen and oxygen atoms in total. The maximum absolute atomic E-state index is 13.7. The number of fused-ring (bicyclic) bond motifs is 1. The van der Waals surface area contributed by atoms with Gasteiger partial charge in [-0.2, -0.15) is 4.31 Å². The van der Waals surface area contributed by atoms with Crippen LogP contribution >= 0.6 is 0 Å². The van der Waals surface area contributed by atoms with Gasteiger partial charge in [0.05, 0.1) is 6.61 Å². The number of aliphatic hydroxyl groups excluding tert-OH is 1. The number of hydrogen-bond donors (Lipinski definition) is 1. The van der Waals surface area contributed by atoms with Crippen molar-refractivity contribution in [3.63, 3.8) is 0 Å². The third-order valence-electron chi connectivity index (χ3n) is 7.36. The Morgan fingerprint density at radius 3 is 2.73 bits per heavy atom. The lowest BCUT2D eigenvalue weighted by Crippen LogP contribution is -2.49. The van der Waals surface area contributed by atoms with Crippen molar-refractivity contribution in [2.24, 2.45) is 11.8 Å². The summed E-state index contributed by atoms with van der Waals surface area (Å²) in [6.07, 6.45) is 9.31. The Labute approximate surface area is 221 Å². The number of likely N-dealkylation sites (N-methyl/N-ethyl adjacent to an activating group) is 1. The number of nitrogens with zero attached hydrogens (tertiary/aromatic N) is 3. The highest BCUT2D eigenvalue weighted by atomic mass is 32.2. The molecule has 1 aliphatic carbocycles. The second kappa shape index (κ2) is 12.4. The molecule has 8 heteroatoms. The monoisotopic (exact) mass is 525 g/mol. The zero-order chi connectivity index (χ0) is 26.4. The lowest BCUT2D eigenvalue weighted by molar-refractivity contribution is 0.0733. The van der Waals surface area contributed by atoms with Gasteiger partial charge in [-0.3, -0.25) is 9.88 Å². The molecule has 4 rings (SSSR count). The minimum atomic E-state index is -3.86. The first-order valence-corrected chi connectivity index (χ1v) is 14.7.